The van der Waals surface area contributed by atoms with Gasteiger partial charge in [0.15, 0.2) is 5.78 Å². The summed E-state index contributed by atoms with van der Waals surface area (Å²) in [5.41, 5.74) is 0.450. The number of rotatable bonds is 5. The van der Waals surface area contributed by atoms with Crippen molar-refractivity contribution >= 4 is 5.78 Å². The molecule has 1 aromatic heterocycles. The molecule has 0 aliphatic carbocycles. The summed E-state index contributed by atoms with van der Waals surface area (Å²) in [5, 5.41) is 0. The fourth-order valence-electron chi connectivity index (χ4n) is 1.62. The van der Waals surface area contributed by atoms with Gasteiger partial charge < -0.3 is 0 Å². The number of aromatic nitrogens is 1. The molecule has 0 amide bonds. The van der Waals surface area contributed by atoms with Crippen LogP contribution in [0.2, 0.25) is 0 Å². The van der Waals surface area contributed by atoms with Crippen LogP contribution in [0.5, 0.6) is 0 Å². The molecule has 0 aliphatic heterocycles. The fourth-order valence-corrected chi connectivity index (χ4v) is 1.62. The van der Waals surface area contributed by atoms with Gasteiger partial charge in [0.2, 0.25) is 0 Å². The second kappa shape index (κ2) is 5.21. The van der Waals surface area contributed by atoms with E-state index in [4.69, 9.17) is 0 Å². The number of Topliss-reactive ketones (excluding diaryl/α,β-unsaturated/α-hetero) is 1. The van der Waals surface area contributed by atoms with Crippen molar-refractivity contribution in [2.75, 3.05) is 14.1 Å². The molecular weight excluding hydrogens is 200 g/mol. The molecule has 0 N–H and O–H groups in total. The molecule has 16 heavy (non-hydrogen) atoms. The Kier molecular flexibility index (Phi) is 4.19. The van der Waals surface area contributed by atoms with E-state index in [1.54, 1.807) is 6.20 Å². The number of pyridine rings is 1. The largest absolute Gasteiger partial charge is 0.297 e. The van der Waals surface area contributed by atoms with E-state index in [0.717, 1.165) is 12.1 Å². The topological polar surface area (TPSA) is 33.2 Å². The molecule has 0 radical (unpaired) electrons. The molecule has 3 nitrogen and oxygen atoms in total. The highest BCUT2D eigenvalue weighted by Gasteiger charge is 2.33. The van der Waals surface area contributed by atoms with Gasteiger partial charge in [0.05, 0.1) is 12.0 Å². The zero-order valence-corrected chi connectivity index (χ0v) is 10.5. The third-order valence-electron chi connectivity index (χ3n) is 3.34. The Hall–Kier alpha value is -1.22. The summed E-state index contributed by atoms with van der Waals surface area (Å²) in [7, 11) is 3.89. The van der Waals surface area contributed by atoms with Crippen molar-refractivity contribution in [2.45, 2.75) is 32.2 Å². The van der Waals surface area contributed by atoms with E-state index >= 15 is 0 Å². The van der Waals surface area contributed by atoms with Crippen molar-refractivity contribution in [3.63, 3.8) is 0 Å². The smallest absolute Gasteiger partial charge is 0.158 e. The van der Waals surface area contributed by atoms with E-state index in [1.807, 2.05) is 51.0 Å². The summed E-state index contributed by atoms with van der Waals surface area (Å²) in [5.74, 6) is 0.221. The summed E-state index contributed by atoms with van der Waals surface area (Å²) in [6.07, 6.45) is 2.94. The van der Waals surface area contributed by atoms with E-state index in [-0.39, 0.29) is 5.78 Å². The predicted molar refractivity (Wildman–Crippen MR) is 65.3 cm³/mol. The average molecular weight is 220 g/mol. The maximum atomic E-state index is 12.2. The molecule has 88 valence electrons. The van der Waals surface area contributed by atoms with Crippen LogP contribution in [0.3, 0.4) is 0 Å². The number of likely N-dealkylation sites (N-methyl/N-ethyl adjacent to an activating group) is 1. The lowest BCUT2D eigenvalue weighted by molar-refractivity contribution is -0.128. The van der Waals surface area contributed by atoms with Crippen molar-refractivity contribution in [1.29, 1.82) is 0 Å². The third-order valence-corrected chi connectivity index (χ3v) is 3.34. The van der Waals surface area contributed by atoms with Crippen molar-refractivity contribution in [2.24, 2.45) is 0 Å². The Morgan fingerprint density at radius 3 is 2.56 bits per heavy atom. The maximum absolute atomic E-state index is 12.2. The van der Waals surface area contributed by atoms with Crippen LogP contribution in [0.15, 0.2) is 24.4 Å². The minimum Gasteiger partial charge on any atom is -0.297 e. The van der Waals surface area contributed by atoms with Gasteiger partial charge in [-0.05, 0) is 39.6 Å². The molecule has 1 rings (SSSR count). The molecule has 0 saturated carbocycles. The molecule has 1 heterocycles. The van der Waals surface area contributed by atoms with Crippen molar-refractivity contribution in [3.8, 4) is 0 Å². The fraction of sp³-hybridized carbons (Fsp3) is 0.538. The van der Waals surface area contributed by atoms with Crippen LogP contribution in [0.1, 0.15) is 26.0 Å². The molecule has 1 atom stereocenters. The average Bonchev–Trinajstić information content (AvgIpc) is 2.28. The second-order valence-electron chi connectivity index (χ2n) is 4.44. The SMILES string of the molecule is CCC(C)(C(=O)Cc1ccccn1)N(C)C. The number of hydrogen-bond donors (Lipinski definition) is 0. The van der Waals surface area contributed by atoms with Gasteiger partial charge in [-0.15, -0.1) is 0 Å². The first-order chi connectivity index (χ1) is 7.50. The van der Waals surface area contributed by atoms with Gasteiger partial charge in [-0.3, -0.25) is 14.7 Å². The Morgan fingerprint density at radius 2 is 2.12 bits per heavy atom. The van der Waals surface area contributed by atoms with Gasteiger partial charge in [0, 0.05) is 11.9 Å². The molecule has 0 spiro atoms. The van der Waals surface area contributed by atoms with Crippen LogP contribution in [-0.2, 0) is 11.2 Å². The summed E-state index contributed by atoms with van der Waals surface area (Å²) < 4.78 is 0. The lowest BCUT2D eigenvalue weighted by Crippen LogP contribution is -2.48. The highest BCUT2D eigenvalue weighted by atomic mass is 16.1. The van der Waals surface area contributed by atoms with Crippen LogP contribution in [0.25, 0.3) is 0 Å². The summed E-state index contributed by atoms with van der Waals surface area (Å²) in [4.78, 5) is 18.4. The van der Waals surface area contributed by atoms with Crippen LogP contribution < -0.4 is 0 Å². The zero-order valence-electron chi connectivity index (χ0n) is 10.5. The molecule has 0 saturated heterocycles. The quantitative estimate of drug-likeness (QED) is 0.760. The minimum atomic E-state index is -0.391. The van der Waals surface area contributed by atoms with Gasteiger partial charge in [0.25, 0.3) is 0 Å². The number of ketones is 1. The van der Waals surface area contributed by atoms with E-state index in [0.29, 0.717) is 6.42 Å². The summed E-state index contributed by atoms with van der Waals surface area (Å²) in [6.45, 7) is 4.02. The van der Waals surface area contributed by atoms with Gasteiger partial charge >= 0.3 is 0 Å². The maximum Gasteiger partial charge on any atom is 0.158 e. The van der Waals surface area contributed by atoms with Crippen LogP contribution in [0.4, 0.5) is 0 Å². The molecule has 0 fully saturated rings. The van der Waals surface area contributed by atoms with Gasteiger partial charge in [-0.2, -0.15) is 0 Å². The van der Waals surface area contributed by atoms with Crippen molar-refractivity contribution in [3.05, 3.63) is 30.1 Å². The highest BCUT2D eigenvalue weighted by Crippen LogP contribution is 2.19. The number of carbonyl (C=O) groups excluding carboxylic acids is 1. The molecule has 0 aliphatic rings. The van der Waals surface area contributed by atoms with Crippen LogP contribution in [0, 0.1) is 0 Å². The van der Waals surface area contributed by atoms with Gasteiger partial charge in [0.1, 0.15) is 0 Å². The molecule has 0 aromatic carbocycles. The number of hydrogen-bond acceptors (Lipinski definition) is 3. The van der Waals surface area contributed by atoms with E-state index in [2.05, 4.69) is 4.98 Å². The standard InChI is InChI=1S/C13H20N2O/c1-5-13(2,15(3)4)12(16)10-11-8-6-7-9-14-11/h6-9H,5,10H2,1-4H3. The first-order valence-electron chi connectivity index (χ1n) is 5.61. The third kappa shape index (κ3) is 2.67. The van der Waals surface area contributed by atoms with Crippen molar-refractivity contribution in [1.82, 2.24) is 9.88 Å². The zero-order chi connectivity index (χ0) is 12.2. The lowest BCUT2D eigenvalue weighted by Gasteiger charge is -2.33. The summed E-state index contributed by atoms with van der Waals surface area (Å²) in [6, 6.07) is 5.66. The van der Waals surface area contributed by atoms with Gasteiger partial charge in [-0.25, -0.2) is 0 Å². The first kappa shape index (κ1) is 12.8. The monoisotopic (exact) mass is 220 g/mol. The first-order valence-corrected chi connectivity index (χ1v) is 5.61. The Bertz CT molecular complexity index is 348. The van der Waals surface area contributed by atoms with Crippen LogP contribution >= 0.6 is 0 Å². The predicted octanol–water partition coefficient (Wildman–Crippen LogP) is 1.92. The minimum absolute atomic E-state index is 0.221. The Labute approximate surface area is 97.5 Å². The highest BCUT2D eigenvalue weighted by molar-refractivity contribution is 5.89. The van der Waals surface area contributed by atoms with Crippen molar-refractivity contribution < 1.29 is 4.79 Å². The van der Waals surface area contributed by atoms with E-state index in [1.165, 1.54) is 0 Å². The molecule has 1 aromatic rings. The molecular formula is C13H20N2O. The van der Waals surface area contributed by atoms with Crippen LogP contribution in [-0.4, -0.2) is 35.3 Å². The van der Waals surface area contributed by atoms with E-state index < -0.39 is 5.54 Å². The summed E-state index contributed by atoms with van der Waals surface area (Å²) >= 11 is 0. The Morgan fingerprint density at radius 1 is 1.44 bits per heavy atom. The molecule has 3 heteroatoms. The normalized spacial score (nSPS) is 14.8. The Balaban J connectivity index is 2.79. The number of nitrogens with zero attached hydrogens (tertiary/aromatic N) is 2. The van der Waals surface area contributed by atoms with E-state index in [9.17, 15) is 4.79 Å². The molecule has 0 bridgehead atoms. The number of carbonyl (C=O) groups is 1. The van der Waals surface area contributed by atoms with Gasteiger partial charge in [-0.1, -0.05) is 13.0 Å². The molecule has 1 unspecified atom stereocenters. The lowest BCUT2D eigenvalue weighted by atomic mass is 9.89. The second-order valence-corrected chi connectivity index (χ2v) is 4.44.